The Balaban J connectivity index is 3.46. The first kappa shape index (κ1) is 17.2. The minimum atomic E-state index is -3.86. The van der Waals surface area contributed by atoms with Crippen LogP contribution in [0.4, 0.5) is 5.69 Å². The summed E-state index contributed by atoms with van der Waals surface area (Å²) >= 11 is 16.6. The van der Waals surface area contributed by atoms with Crippen LogP contribution >= 0.6 is 29.8 Å². The van der Waals surface area contributed by atoms with E-state index in [1.54, 1.807) is 6.92 Å². The standard InChI is InChI=1S/C9H12Cl2NO4PS2/c1-3-16-17(13,18)12(19(2,14)15)9-5-4-7(10)6-8(9)11/h4-6H,3H2,1-2H3,(H,13,18). The number of nitrogens with zero attached hydrogens (tertiary/aromatic N) is 1. The molecule has 1 unspecified atom stereocenters. The summed E-state index contributed by atoms with van der Waals surface area (Å²) in [6.45, 7) is -2.06. The molecule has 0 saturated heterocycles. The van der Waals surface area contributed by atoms with Gasteiger partial charge in [0.15, 0.2) is 0 Å². The molecule has 0 radical (unpaired) electrons. The van der Waals surface area contributed by atoms with E-state index in [1.807, 2.05) is 0 Å². The van der Waals surface area contributed by atoms with Gasteiger partial charge in [-0.2, -0.15) is 4.08 Å². The van der Waals surface area contributed by atoms with E-state index in [9.17, 15) is 13.3 Å². The maximum atomic E-state index is 11.8. The van der Waals surface area contributed by atoms with E-state index in [2.05, 4.69) is 0 Å². The zero-order chi connectivity index (χ0) is 14.8. The fourth-order valence-electron chi connectivity index (χ4n) is 1.36. The minimum Gasteiger partial charge on any atom is -0.329 e. The number of anilines is 1. The van der Waals surface area contributed by atoms with Gasteiger partial charge in [0.25, 0.3) is 0 Å². The van der Waals surface area contributed by atoms with Crippen molar-refractivity contribution < 1.29 is 17.8 Å². The summed E-state index contributed by atoms with van der Waals surface area (Å²) in [6.07, 6.45) is 0.911. The number of halogens is 2. The number of hydrogen-bond acceptors (Lipinski definition) is 4. The SMILES string of the molecule is CCOP(O)(=S)N(c1ccc(Cl)cc1Cl)S(C)(=O)=O. The van der Waals surface area contributed by atoms with Crippen molar-refractivity contribution in [2.24, 2.45) is 0 Å². The van der Waals surface area contributed by atoms with Crippen molar-refractivity contribution in [1.82, 2.24) is 0 Å². The summed E-state index contributed by atoms with van der Waals surface area (Å²) in [5.41, 5.74) is 0.0350. The second-order valence-electron chi connectivity index (χ2n) is 3.51. The van der Waals surface area contributed by atoms with E-state index in [1.165, 1.54) is 18.2 Å². The van der Waals surface area contributed by atoms with Crippen LogP contribution in [0.3, 0.4) is 0 Å². The first-order valence-corrected chi connectivity index (χ1v) is 10.3. The smallest absolute Gasteiger partial charge is 0.301 e. The van der Waals surface area contributed by atoms with Crippen LogP contribution in [0.25, 0.3) is 0 Å². The van der Waals surface area contributed by atoms with Gasteiger partial charge in [0, 0.05) is 5.02 Å². The third kappa shape index (κ3) is 4.29. The van der Waals surface area contributed by atoms with Gasteiger partial charge in [0.1, 0.15) is 0 Å². The Kier molecular flexibility index (Phi) is 5.66. The summed E-state index contributed by atoms with van der Waals surface area (Å²) < 4.78 is 29.3. The molecule has 0 spiro atoms. The van der Waals surface area contributed by atoms with Crippen molar-refractivity contribution in [1.29, 1.82) is 0 Å². The van der Waals surface area contributed by atoms with Gasteiger partial charge < -0.3 is 9.42 Å². The number of benzene rings is 1. The van der Waals surface area contributed by atoms with Crippen LogP contribution in [0.15, 0.2) is 18.2 Å². The molecule has 0 aliphatic carbocycles. The van der Waals surface area contributed by atoms with Gasteiger partial charge in [-0.3, -0.25) is 0 Å². The van der Waals surface area contributed by atoms with Crippen molar-refractivity contribution in [3.8, 4) is 0 Å². The molecule has 19 heavy (non-hydrogen) atoms. The Morgan fingerprint density at radius 2 is 2.05 bits per heavy atom. The van der Waals surface area contributed by atoms with Crippen LogP contribution in [0, 0.1) is 0 Å². The lowest BCUT2D eigenvalue weighted by Gasteiger charge is -2.29. The molecule has 0 amide bonds. The van der Waals surface area contributed by atoms with E-state index in [-0.39, 0.29) is 17.3 Å². The third-order valence-electron chi connectivity index (χ3n) is 1.96. The number of rotatable bonds is 5. The highest BCUT2D eigenvalue weighted by Crippen LogP contribution is 2.52. The van der Waals surface area contributed by atoms with E-state index in [0.717, 1.165) is 6.26 Å². The molecule has 0 fully saturated rings. The van der Waals surface area contributed by atoms with Crippen LogP contribution in [0.5, 0.6) is 0 Å². The maximum Gasteiger partial charge on any atom is 0.301 e. The third-order valence-corrected chi connectivity index (χ3v) is 7.26. The van der Waals surface area contributed by atoms with Crippen molar-refractivity contribution in [2.75, 3.05) is 16.9 Å². The molecule has 0 bridgehead atoms. The Labute approximate surface area is 127 Å². The lowest BCUT2D eigenvalue weighted by atomic mass is 10.3. The normalized spacial score (nSPS) is 15.0. The first-order chi connectivity index (χ1) is 8.59. The summed E-state index contributed by atoms with van der Waals surface area (Å²) in [4.78, 5) is 10.1. The predicted octanol–water partition coefficient (Wildman–Crippen LogP) is 3.01. The van der Waals surface area contributed by atoms with Gasteiger partial charge in [-0.25, -0.2) is 8.42 Å². The van der Waals surface area contributed by atoms with E-state index < -0.39 is 16.7 Å². The zero-order valence-corrected chi connectivity index (χ0v) is 14.1. The molecule has 1 rings (SSSR count). The average Bonchev–Trinajstić information content (AvgIpc) is 2.19. The van der Waals surface area contributed by atoms with Crippen molar-refractivity contribution in [2.45, 2.75) is 6.92 Å². The van der Waals surface area contributed by atoms with E-state index >= 15 is 0 Å². The van der Waals surface area contributed by atoms with Gasteiger partial charge in [-0.15, -0.1) is 0 Å². The Bertz CT molecular complexity index is 623. The molecule has 0 aliphatic heterocycles. The predicted molar refractivity (Wildman–Crippen MR) is 81.9 cm³/mol. The van der Waals surface area contributed by atoms with Gasteiger partial charge in [0.2, 0.25) is 10.0 Å². The van der Waals surface area contributed by atoms with Gasteiger partial charge in [-0.05, 0) is 36.9 Å². The summed E-state index contributed by atoms with van der Waals surface area (Å²) in [5.74, 6) is 0. The highest BCUT2D eigenvalue weighted by Gasteiger charge is 2.34. The lowest BCUT2D eigenvalue weighted by Crippen LogP contribution is -2.27. The largest absolute Gasteiger partial charge is 0.329 e. The molecule has 1 N–H and O–H groups in total. The van der Waals surface area contributed by atoms with Crippen LogP contribution in [-0.2, 0) is 26.4 Å². The van der Waals surface area contributed by atoms with Crippen molar-refractivity contribution in [3.63, 3.8) is 0 Å². The molecule has 1 aromatic rings. The Morgan fingerprint density at radius 3 is 2.47 bits per heavy atom. The highest BCUT2D eigenvalue weighted by atomic mass is 35.5. The fourth-order valence-corrected chi connectivity index (χ4v) is 6.68. The van der Waals surface area contributed by atoms with Crippen LogP contribution in [0.2, 0.25) is 10.0 Å². The van der Waals surface area contributed by atoms with E-state index in [4.69, 9.17) is 39.5 Å². The minimum absolute atomic E-state index is 0.0350. The zero-order valence-electron chi connectivity index (χ0n) is 10.1. The van der Waals surface area contributed by atoms with Crippen molar-refractivity contribution in [3.05, 3.63) is 28.2 Å². The summed E-state index contributed by atoms with van der Waals surface area (Å²) in [6, 6.07) is 4.17. The van der Waals surface area contributed by atoms with Crippen LogP contribution < -0.4 is 4.08 Å². The van der Waals surface area contributed by atoms with Gasteiger partial charge >= 0.3 is 6.64 Å². The Hall–Kier alpha value is 0.120. The second kappa shape index (κ2) is 6.26. The van der Waals surface area contributed by atoms with Crippen LogP contribution in [0.1, 0.15) is 6.92 Å². The second-order valence-corrected chi connectivity index (χ2v) is 9.52. The fraction of sp³-hybridized carbons (Fsp3) is 0.333. The number of sulfonamides is 1. The topological polar surface area (TPSA) is 66.8 Å². The van der Waals surface area contributed by atoms with Crippen molar-refractivity contribution >= 4 is 57.4 Å². The van der Waals surface area contributed by atoms with Crippen LogP contribution in [-0.4, -0.2) is 26.2 Å². The van der Waals surface area contributed by atoms with E-state index in [0.29, 0.717) is 9.10 Å². The average molecular weight is 364 g/mol. The summed E-state index contributed by atoms with van der Waals surface area (Å²) in [7, 11) is -3.86. The highest BCUT2D eigenvalue weighted by molar-refractivity contribution is 8.17. The Morgan fingerprint density at radius 1 is 1.47 bits per heavy atom. The number of hydrogen-bond donors (Lipinski definition) is 1. The maximum absolute atomic E-state index is 11.8. The quantitative estimate of drug-likeness (QED) is 0.814. The molecular weight excluding hydrogens is 352 g/mol. The summed E-state index contributed by atoms with van der Waals surface area (Å²) in [5, 5.41) is 0.394. The lowest BCUT2D eigenvalue weighted by molar-refractivity contribution is 0.328. The molecular formula is C9H12Cl2NO4PS2. The first-order valence-electron chi connectivity index (χ1n) is 5.02. The molecule has 108 valence electrons. The molecule has 10 heteroatoms. The molecule has 5 nitrogen and oxygen atoms in total. The molecule has 1 atom stereocenters. The molecule has 0 saturated carbocycles. The molecule has 0 aliphatic rings. The molecule has 0 aromatic heterocycles. The molecule has 1 aromatic carbocycles. The van der Waals surface area contributed by atoms with Gasteiger partial charge in [-0.1, -0.05) is 23.2 Å². The molecule has 0 heterocycles. The van der Waals surface area contributed by atoms with Gasteiger partial charge in [0.05, 0.1) is 23.6 Å². The monoisotopic (exact) mass is 363 g/mol.